The topological polar surface area (TPSA) is 66.0 Å². The smallest absolute Gasteiger partial charge is 0.225 e. The van der Waals surface area contributed by atoms with Gasteiger partial charge in [0.2, 0.25) is 5.91 Å². The Balaban J connectivity index is 1.91. The zero-order valence-corrected chi connectivity index (χ0v) is 16.9. The number of nitrogens with one attached hydrogen (secondary N) is 2. The minimum Gasteiger partial charge on any atom is -0.367 e. The second-order valence-electron chi connectivity index (χ2n) is 7.87. The van der Waals surface area contributed by atoms with E-state index in [1.54, 1.807) is 19.2 Å². The van der Waals surface area contributed by atoms with Crippen LogP contribution >= 0.6 is 0 Å². The van der Waals surface area contributed by atoms with Crippen LogP contribution in [0.15, 0.2) is 29.3 Å². The van der Waals surface area contributed by atoms with Gasteiger partial charge in [0.05, 0.1) is 12.6 Å². The summed E-state index contributed by atoms with van der Waals surface area (Å²) in [6, 6.07) is 6.42. The monoisotopic (exact) mass is 378 g/mol. The largest absolute Gasteiger partial charge is 0.367 e. The third-order valence-corrected chi connectivity index (χ3v) is 4.39. The number of carbonyl (C=O) groups excluding carboxylic acids is 1. The van der Waals surface area contributed by atoms with Crippen LogP contribution < -0.4 is 10.6 Å². The van der Waals surface area contributed by atoms with E-state index in [2.05, 4.69) is 20.5 Å². The van der Waals surface area contributed by atoms with Crippen molar-refractivity contribution in [1.29, 1.82) is 0 Å². The van der Waals surface area contributed by atoms with E-state index in [-0.39, 0.29) is 23.9 Å². The number of rotatable bonds is 4. The molecule has 1 aromatic carbocycles. The van der Waals surface area contributed by atoms with E-state index in [0.29, 0.717) is 26.2 Å². The standard InChI is InChI=1S/C20H31FN4O2/c1-14-12-25(13-17(27-14)15-6-8-16(21)9-7-15)19(22-5)24-11-10-23-18(26)20(2,3)4/h6-9,14,17H,10-13H2,1-5H3,(H,22,24)(H,23,26). The van der Waals surface area contributed by atoms with Crippen molar-refractivity contribution in [3.8, 4) is 0 Å². The van der Waals surface area contributed by atoms with Crippen molar-refractivity contribution in [3.63, 3.8) is 0 Å². The lowest BCUT2D eigenvalue weighted by atomic mass is 9.96. The van der Waals surface area contributed by atoms with Gasteiger partial charge >= 0.3 is 0 Å². The summed E-state index contributed by atoms with van der Waals surface area (Å²) in [6.07, 6.45) is -0.124. The van der Waals surface area contributed by atoms with Crippen molar-refractivity contribution in [1.82, 2.24) is 15.5 Å². The van der Waals surface area contributed by atoms with Crippen molar-refractivity contribution in [3.05, 3.63) is 35.6 Å². The molecule has 1 heterocycles. The van der Waals surface area contributed by atoms with Crippen LogP contribution in [0.25, 0.3) is 0 Å². The normalized spacial score (nSPS) is 21.1. The molecule has 0 saturated carbocycles. The molecule has 6 nitrogen and oxygen atoms in total. The number of carbonyl (C=O) groups is 1. The Kier molecular flexibility index (Phi) is 7.18. The predicted octanol–water partition coefficient (Wildman–Crippen LogP) is 2.33. The summed E-state index contributed by atoms with van der Waals surface area (Å²) >= 11 is 0. The third kappa shape index (κ3) is 6.20. The number of hydrogen-bond donors (Lipinski definition) is 2. The summed E-state index contributed by atoms with van der Waals surface area (Å²) in [6.45, 7) is 10.1. The number of hydrogen-bond acceptors (Lipinski definition) is 3. The first kappa shape index (κ1) is 21.2. The molecule has 2 atom stereocenters. The number of amides is 1. The van der Waals surface area contributed by atoms with Gasteiger partial charge in [-0.25, -0.2) is 4.39 Å². The summed E-state index contributed by atoms with van der Waals surface area (Å²) in [5, 5.41) is 6.21. The number of ether oxygens (including phenoxy) is 1. The van der Waals surface area contributed by atoms with Crippen molar-refractivity contribution in [2.75, 3.05) is 33.2 Å². The molecule has 1 aromatic rings. The molecule has 1 fully saturated rings. The Hall–Kier alpha value is -2.15. The lowest BCUT2D eigenvalue weighted by Gasteiger charge is -2.38. The van der Waals surface area contributed by atoms with E-state index in [1.165, 1.54) is 12.1 Å². The zero-order chi connectivity index (χ0) is 20.0. The van der Waals surface area contributed by atoms with Crippen molar-refractivity contribution in [2.24, 2.45) is 10.4 Å². The molecule has 0 aromatic heterocycles. The maximum Gasteiger partial charge on any atom is 0.225 e. The number of benzene rings is 1. The molecule has 150 valence electrons. The lowest BCUT2D eigenvalue weighted by Crippen LogP contribution is -2.52. The molecular formula is C20H31FN4O2. The molecule has 7 heteroatoms. The zero-order valence-electron chi connectivity index (χ0n) is 16.9. The van der Waals surface area contributed by atoms with Crippen LogP contribution in [-0.2, 0) is 9.53 Å². The van der Waals surface area contributed by atoms with Gasteiger partial charge in [-0.15, -0.1) is 0 Å². The van der Waals surface area contributed by atoms with Crippen molar-refractivity contribution < 1.29 is 13.9 Å². The van der Waals surface area contributed by atoms with Crippen molar-refractivity contribution in [2.45, 2.75) is 39.9 Å². The second kappa shape index (κ2) is 9.17. The third-order valence-electron chi connectivity index (χ3n) is 4.39. The quantitative estimate of drug-likeness (QED) is 0.479. The van der Waals surface area contributed by atoms with Crippen LogP contribution in [0.1, 0.15) is 39.4 Å². The Morgan fingerprint density at radius 1 is 1.22 bits per heavy atom. The minimum absolute atomic E-state index is 0.0212. The summed E-state index contributed by atoms with van der Waals surface area (Å²) in [7, 11) is 1.74. The Morgan fingerprint density at radius 2 is 1.85 bits per heavy atom. The molecular weight excluding hydrogens is 347 g/mol. The lowest BCUT2D eigenvalue weighted by molar-refractivity contribution is -0.128. The summed E-state index contributed by atoms with van der Waals surface area (Å²) < 4.78 is 19.2. The fourth-order valence-electron chi connectivity index (χ4n) is 2.93. The molecule has 0 aliphatic carbocycles. The number of morpholine rings is 1. The molecule has 1 aliphatic heterocycles. The summed E-state index contributed by atoms with van der Waals surface area (Å²) in [5.41, 5.74) is 0.546. The van der Waals surface area contributed by atoms with E-state index < -0.39 is 5.41 Å². The highest BCUT2D eigenvalue weighted by atomic mass is 19.1. The van der Waals surface area contributed by atoms with Crippen LogP contribution in [0.2, 0.25) is 0 Å². The number of aliphatic imine (C=N–C) groups is 1. The van der Waals surface area contributed by atoms with Gasteiger partial charge in [0.1, 0.15) is 11.9 Å². The van der Waals surface area contributed by atoms with E-state index in [4.69, 9.17) is 4.74 Å². The Bertz CT molecular complexity index is 655. The number of guanidine groups is 1. The maximum absolute atomic E-state index is 13.2. The van der Waals surface area contributed by atoms with Gasteiger partial charge in [-0.2, -0.15) is 0 Å². The maximum atomic E-state index is 13.2. The second-order valence-corrected chi connectivity index (χ2v) is 7.87. The Morgan fingerprint density at radius 3 is 2.44 bits per heavy atom. The van der Waals surface area contributed by atoms with E-state index in [0.717, 1.165) is 11.5 Å². The van der Waals surface area contributed by atoms with Crippen molar-refractivity contribution >= 4 is 11.9 Å². The van der Waals surface area contributed by atoms with Gasteiger partial charge in [-0.1, -0.05) is 32.9 Å². The van der Waals surface area contributed by atoms with E-state index >= 15 is 0 Å². The highest BCUT2D eigenvalue weighted by Gasteiger charge is 2.28. The number of nitrogens with zero attached hydrogens (tertiary/aromatic N) is 2. The molecule has 2 rings (SSSR count). The first-order valence-corrected chi connectivity index (χ1v) is 9.35. The number of halogens is 1. The van der Waals surface area contributed by atoms with Gasteiger partial charge in [0.25, 0.3) is 0 Å². The van der Waals surface area contributed by atoms with E-state index in [1.807, 2.05) is 27.7 Å². The molecule has 1 saturated heterocycles. The molecule has 2 N–H and O–H groups in total. The van der Waals surface area contributed by atoms with Crippen LogP contribution in [0.5, 0.6) is 0 Å². The van der Waals surface area contributed by atoms with Crippen LogP contribution in [0.3, 0.4) is 0 Å². The van der Waals surface area contributed by atoms with Gasteiger partial charge in [-0.3, -0.25) is 9.79 Å². The SMILES string of the molecule is CN=C(NCCNC(=O)C(C)(C)C)N1CC(C)OC(c2ccc(F)cc2)C1. The van der Waals surface area contributed by atoms with Gasteiger partial charge in [0.15, 0.2) is 5.96 Å². The Labute approximate surface area is 161 Å². The fraction of sp³-hybridized carbons (Fsp3) is 0.600. The molecule has 1 amide bonds. The molecule has 0 radical (unpaired) electrons. The van der Waals surface area contributed by atoms with Gasteiger partial charge in [-0.05, 0) is 24.6 Å². The summed E-state index contributed by atoms with van der Waals surface area (Å²) in [4.78, 5) is 18.4. The summed E-state index contributed by atoms with van der Waals surface area (Å²) in [5.74, 6) is 0.534. The highest BCUT2D eigenvalue weighted by molar-refractivity contribution is 5.82. The molecule has 0 bridgehead atoms. The molecule has 1 aliphatic rings. The fourth-order valence-corrected chi connectivity index (χ4v) is 2.93. The molecule has 2 unspecified atom stereocenters. The predicted molar refractivity (Wildman–Crippen MR) is 105 cm³/mol. The molecule has 0 spiro atoms. The van der Waals surface area contributed by atoms with Crippen LogP contribution in [0, 0.1) is 11.2 Å². The van der Waals surface area contributed by atoms with E-state index in [9.17, 15) is 9.18 Å². The average Bonchev–Trinajstić information content (AvgIpc) is 2.60. The highest BCUT2D eigenvalue weighted by Crippen LogP contribution is 2.25. The first-order chi connectivity index (χ1) is 12.7. The molecule has 27 heavy (non-hydrogen) atoms. The van der Waals surface area contributed by atoms with Gasteiger partial charge in [0, 0.05) is 32.1 Å². The first-order valence-electron chi connectivity index (χ1n) is 9.35. The van der Waals surface area contributed by atoms with Gasteiger partial charge < -0.3 is 20.3 Å². The average molecular weight is 378 g/mol. The minimum atomic E-state index is -0.399. The van der Waals surface area contributed by atoms with Crippen LogP contribution in [-0.4, -0.2) is 56.1 Å². The van der Waals surface area contributed by atoms with Crippen LogP contribution in [0.4, 0.5) is 4.39 Å².